The molecule has 5 nitrogen and oxygen atoms in total. The van der Waals surface area contributed by atoms with E-state index in [1.165, 1.54) is 34.8 Å². The molecule has 26 heavy (non-hydrogen) atoms. The molecule has 0 spiro atoms. The average molecular weight is 391 g/mol. The van der Waals surface area contributed by atoms with Crippen molar-refractivity contribution in [2.45, 2.75) is 0 Å². The van der Waals surface area contributed by atoms with Crippen LogP contribution in [0.15, 0.2) is 35.7 Å². The molecule has 0 unspecified atom stereocenters. The fourth-order valence-electron chi connectivity index (χ4n) is 2.89. The molecular weight excluding hydrogens is 373 g/mol. The predicted molar refractivity (Wildman–Crippen MR) is 103 cm³/mol. The number of fused-ring (bicyclic) bond motifs is 1. The molecule has 0 aliphatic carbocycles. The lowest BCUT2D eigenvalue weighted by atomic mass is 10.3. The van der Waals surface area contributed by atoms with Crippen molar-refractivity contribution in [3.8, 4) is 0 Å². The molecule has 1 saturated heterocycles. The Morgan fingerprint density at radius 2 is 2.15 bits per heavy atom. The van der Waals surface area contributed by atoms with Crippen LogP contribution in [0.5, 0.6) is 0 Å². The summed E-state index contributed by atoms with van der Waals surface area (Å²) in [5.41, 5.74) is 0.710. The summed E-state index contributed by atoms with van der Waals surface area (Å²) < 4.78 is 19.6. The second-order valence-corrected chi connectivity index (χ2v) is 7.95. The van der Waals surface area contributed by atoms with Crippen molar-refractivity contribution >= 4 is 43.9 Å². The van der Waals surface area contributed by atoms with E-state index < -0.39 is 0 Å². The summed E-state index contributed by atoms with van der Waals surface area (Å²) in [6.45, 7) is 4.47. The maximum Gasteiger partial charge on any atom is 0.270 e. The minimum absolute atomic E-state index is 0.0622. The van der Waals surface area contributed by atoms with Gasteiger partial charge in [-0.05, 0) is 29.6 Å². The summed E-state index contributed by atoms with van der Waals surface area (Å²) in [7, 11) is 0. The number of halogens is 1. The molecular formula is C18H18FN3O2S2. The summed E-state index contributed by atoms with van der Waals surface area (Å²) in [5, 5.41) is 2.50. The van der Waals surface area contributed by atoms with E-state index in [0.29, 0.717) is 22.1 Å². The van der Waals surface area contributed by atoms with Crippen LogP contribution in [-0.2, 0) is 4.74 Å². The molecule has 3 aromatic rings. The number of rotatable bonds is 5. The number of ether oxygens (including phenoxy) is 1. The molecule has 136 valence electrons. The molecule has 0 saturated carbocycles. The highest BCUT2D eigenvalue weighted by atomic mass is 32.1. The number of carbonyl (C=O) groups excluding carboxylic acids is 1. The topological polar surface area (TPSA) is 45.7 Å². The van der Waals surface area contributed by atoms with Gasteiger partial charge in [0.05, 0.1) is 28.3 Å². The first-order chi connectivity index (χ1) is 12.7. The summed E-state index contributed by atoms with van der Waals surface area (Å²) in [4.78, 5) is 22.2. The van der Waals surface area contributed by atoms with Gasteiger partial charge in [0.1, 0.15) is 5.82 Å². The Hall–Kier alpha value is -1.87. The van der Waals surface area contributed by atoms with E-state index in [0.717, 1.165) is 37.5 Å². The van der Waals surface area contributed by atoms with E-state index in [9.17, 15) is 9.18 Å². The molecule has 8 heteroatoms. The van der Waals surface area contributed by atoms with Gasteiger partial charge in [-0.3, -0.25) is 14.6 Å². The molecule has 1 fully saturated rings. The van der Waals surface area contributed by atoms with Crippen LogP contribution < -0.4 is 4.90 Å². The van der Waals surface area contributed by atoms with Crippen LogP contribution in [0.1, 0.15) is 9.67 Å². The summed E-state index contributed by atoms with van der Waals surface area (Å²) >= 11 is 2.76. The summed E-state index contributed by atoms with van der Waals surface area (Å²) in [6.07, 6.45) is 0. The van der Waals surface area contributed by atoms with Crippen LogP contribution in [0, 0.1) is 5.82 Å². The van der Waals surface area contributed by atoms with E-state index >= 15 is 0 Å². The fourth-order valence-corrected chi connectivity index (χ4v) is 4.57. The number of amides is 1. The molecule has 1 aliphatic rings. The van der Waals surface area contributed by atoms with Gasteiger partial charge in [-0.15, -0.1) is 11.3 Å². The van der Waals surface area contributed by atoms with E-state index in [-0.39, 0.29) is 11.7 Å². The van der Waals surface area contributed by atoms with Crippen molar-refractivity contribution in [3.05, 3.63) is 46.4 Å². The van der Waals surface area contributed by atoms with Crippen LogP contribution in [0.4, 0.5) is 9.52 Å². The number of thiophene rings is 1. The molecule has 0 atom stereocenters. The molecule has 1 aliphatic heterocycles. The van der Waals surface area contributed by atoms with Crippen molar-refractivity contribution in [2.24, 2.45) is 0 Å². The Morgan fingerprint density at radius 3 is 2.92 bits per heavy atom. The number of benzene rings is 1. The molecule has 0 bridgehead atoms. The first kappa shape index (κ1) is 17.5. The Morgan fingerprint density at radius 1 is 1.31 bits per heavy atom. The van der Waals surface area contributed by atoms with Crippen molar-refractivity contribution in [1.82, 2.24) is 9.88 Å². The lowest BCUT2D eigenvalue weighted by Gasteiger charge is -2.29. The van der Waals surface area contributed by atoms with Gasteiger partial charge in [0.25, 0.3) is 5.91 Å². The van der Waals surface area contributed by atoms with E-state index in [1.54, 1.807) is 11.0 Å². The molecule has 3 heterocycles. The zero-order chi connectivity index (χ0) is 17.9. The highest BCUT2D eigenvalue weighted by Gasteiger charge is 2.23. The minimum Gasteiger partial charge on any atom is -0.379 e. The van der Waals surface area contributed by atoms with Gasteiger partial charge >= 0.3 is 0 Å². The largest absolute Gasteiger partial charge is 0.379 e. The first-order valence-electron chi connectivity index (χ1n) is 8.42. The van der Waals surface area contributed by atoms with Crippen LogP contribution in [0.3, 0.4) is 0 Å². The van der Waals surface area contributed by atoms with Gasteiger partial charge in [-0.1, -0.05) is 17.4 Å². The van der Waals surface area contributed by atoms with Crippen LogP contribution in [-0.4, -0.2) is 55.2 Å². The average Bonchev–Trinajstić information content (AvgIpc) is 3.32. The number of morpholine rings is 1. The minimum atomic E-state index is -0.294. The van der Waals surface area contributed by atoms with Crippen molar-refractivity contribution in [3.63, 3.8) is 0 Å². The number of thiazole rings is 1. The second kappa shape index (κ2) is 7.79. The number of aromatic nitrogens is 1. The quantitative estimate of drug-likeness (QED) is 0.668. The van der Waals surface area contributed by atoms with E-state index in [2.05, 4.69) is 9.88 Å². The molecule has 2 aromatic heterocycles. The first-order valence-corrected chi connectivity index (χ1v) is 10.1. The highest BCUT2D eigenvalue weighted by Crippen LogP contribution is 2.30. The normalized spacial score (nSPS) is 15.4. The zero-order valence-corrected chi connectivity index (χ0v) is 15.7. The second-order valence-electron chi connectivity index (χ2n) is 6.00. The third kappa shape index (κ3) is 3.78. The van der Waals surface area contributed by atoms with Gasteiger partial charge in [-0.2, -0.15) is 0 Å². The van der Waals surface area contributed by atoms with Gasteiger partial charge in [-0.25, -0.2) is 9.37 Å². The standard InChI is InChI=1S/C18H18FN3O2S2/c19-13-3-4-14-16(12-13)26-18(20-14)22(17(23)15-2-1-11-25-15)6-5-21-7-9-24-10-8-21/h1-4,11-12H,5-10H2. The van der Waals surface area contributed by atoms with Crippen LogP contribution in [0.2, 0.25) is 0 Å². The Labute approximate surface area is 158 Å². The zero-order valence-electron chi connectivity index (χ0n) is 14.1. The van der Waals surface area contributed by atoms with Crippen molar-refractivity contribution in [1.29, 1.82) is 0 Å². The fraction of sp³-hybridized carbons (Fsp3) is 0.333. The Balaban J connectivity index is 1.60. The maximum atomic E-state index is 13.5. The van der Waals surface area contributed by atoms with E-state index in [1.807, 2.05) is 17.5 Å². The smallest absolute Gasteiger partial charge is 0.270 e. The third-order valence-corrected chi connectivity index (χ3v) is 6.19. The van der Waals surface area contributed by atoms with Crippen molar-refractivity contribution in [2.75, 3.05) is 44.3 Å². The predicted octanol–water partition coefficient (Wildman–Crippen LogP) is 3.48. The number of nitrogens with zero attached hydrogens (tertiary/aromatic N) is 3. The lowest BCUT2D eigenvalue weighted by Crippen LogP contribution is -2.43. The number of anilines is 1. The summed E-state index contributed by atoms with van der Waals surface area (Å²) in [6, 6.07) is 8.20. The molecule has 0 radical (unpaired) electrons. The third-order valence-electron chi connectivity index (χ3n) is 4.29. The van der Waals surface area contributed by atoms with Gasteiger partial charge in [0, 0.05) is 26.2 Å². The van der Waals surface area contributed by atoms with E-state index in [4.69, 9.17) is 4.74 Å². The monoisotopic (exact) mass is 391 g/mol. The van der Waals surface area contributed by atoms with Crippen molar-refractivity contribution < 1.29 is 13.9 Å². The summed E-state index contributed by atoms with van der Waals surface area (Å²) in [5.74, 6) is -0.357. The van der Waals surface area contributed by atoms with Crippen LogP contribution >= 0.6 is 22.7 Å². The molecule has 0 N–H and O–H groups in total. The molecule has 4 rings (SSSR count). The Kier molecular flexibility index (Phi) is 5.26. The van der Waals surface area contributed by atoms with Crippen LogP contribution in [0.25, 0.3) is 10.2 Å². The van der Waals surface area contributed by atoms with Gasteiger partial charge in [0.2, 0.25) is 0 Å². The Bertz CT molecular complexity index is 891. The lowest BCUT2D eigenvalue weighted by molar-refractivity contribution is 0.0391. The molecule has 1 aromatic carbocycles. The molecule has 1 amide bonds. The SMILES string of the molecule is O=C(c1cccs1)N(CCN1CCOCC1)c1nc2ccc(F)cc2s1. The number of hydrogen-bond donors (Lipinski definition) is 0. The highest BCUT2D eigenvalue weighted by molar-refractivity contribution is 7.22. The number of hydrogen-bond acceptors (Lipinski definition) is 6. The van der Waals surface area contributed by atoms with Gasteiger partial charge < -0.3 is 4.74 Å². The van der Waals surface area contributed by atoms with Gasteiger partial charge in [0.15, 0.2) is 5.13 Å². The maximum absolute atomic E-state index is 13.5. The number of carbonyl (C=O) groups is 1.